The second-order valence-electron chi connectivity index (χ2n) is 7.01. The molecule has 0 N–H and O–H groups in total. The summed E-state index contributed by atoms with van der Waals surface area (Å²) in [5.41, 5.74) is 4.56. The van der Waals surface area contributed by atoms with E-state index in [1.807, 2.05) is 31.2 Å². The molecule has 0 aliphatic carbocycles. The van der Waals surface area contributed by atoms with Crippen molar-refractivity contribution in [1.29, 1.82) is 0 Å². The summed E-state index contributed by atoms with van der Waals surface area (Å²) in [5, 5.41) is 1.01. The highest BCUT2D eigenvalue weighted by molar-refractivity contribution is 7.15. The molecule has 5 nitrogen and oxygen atoms in total. The van der Waals surface area contributed by atoms with Crippen LogP contribution in [0.25, 0.3) is 10.6 Å². The lowest BCUT2D eigenvalue weighted by molar-refractivity contribution is 0.108. The number of ether oxygens (including phenoxy) is 3. The first-order valence-corrected chi connectivity index (χ1v) is 10.6. The summed E-state index contributed by atoms with van der Waals surface area (Å²) >= 11 is 1.69. The standard InChI is InChI=1S/C23H26N2O3S/c1-17-22(29-23(24-17)19-5-9-21(26-2)10-6-19)16-28-15-18-3-7-20(8-4-18)25-11-13-27-14-12-25/h3-10H,11-16H2,1-2H3. The molecule has 1 aliphatic heterocycles. The van der Waals surface area contributed by atoms with Gasteiger partial charge in [0.25, 0.3) is 0 Å². The third-order valence-corrected chi connectivity index (χ3v) is 6.22. The van der Waals surface area contributed by atoms with Crippen molar-refractivity contribution in [3.8, 4) is 16.3 Å². The molecule has 0 radical (unpaired) electrons. The number of rotatable bonds is 7. The normalized spacial score (nSPS) is 14.2. The van der Waals surface area contributed by atoms with Gasteiger partial charge in [0, 0.05) is 24.3 Å². The minimum atomic E-state index is 0.574. The Morgan fingerprint density at radius 3 is 2.41 bits per heavy atom. The predicted octanol–water partition coefficient (Wildman–Crippen LogP) is 4.68. The molecule has 4 rings (SSSR count). The fraction of sp³-hybridized carbons (Fsp3) is 0.348. The molecule has 1 saturated heterocycles. The topological polar surface area (TPSA) is 43.8 Å². The Morgan fingerprint density at radius 2 is 1.72 bits per heavy atom. The fourth-order valence-corrected chi connectivity index (χ4v) is 4.31. The number of hydrogen-bond donors (Lipinski definition) is 0. The van der Waals surface area contributed by atoms with Crippen LogP contribution in [-0.2, 0) is 22.7 Å². The number of hydrogen-bond acceptors (Lipinski definition) is 6. The van der Waals surface area contributed by atoms with Gasteiger partial charge in [-0.05, 0) is 48.9 Å². The summed E-state index contributed by atoms with van der Waals surface area (Å²) in [6.07, 6.45) is 0. The molecule has 2 heterocycles. The van der Waals surface area contributed by atoms with Crippen molar-refractivity contribution in [3.05, 3.63) is 64.7 Å². The van der Waals surface area contributed by atoms with Gasteiger partial charge in [-0.25, -0.2) is 4.98 Å². The van der Waals surface area contributed by atoms with Gasteiger partial charge in [0.2, 0.25) is 0 Å². The molecular formula is C23H26N2O3S. The Bertz CT molecular complexity index is 916. The van der Waals surface area contributed by atoms with E-state index in [-0.39, 0.29) is 0 Å². The lowest BCUT2D eigenvalue weighted by Gasteiger charge is -2.28. The first-order chi connectivity index (χ1) is 14.2. The largest absolute Gasteiger partial charge is 0.497 e. The molecule has 1 fully saturated rings. The van der Waals surface area contributed by atoms with Crippen LogP contribution in [0.4, 0.5) is 5.69 Å². The number of benzene rings is 2. The Balaban J connectivity index is 1.32. The number of thiazole rings is 1. The molecule has 152 valence electrons. The van der Waals surface area contributed by atoms with Gasteiger partial charge in [-0.2, -0.15) is 0 Å². The van der Waals surface area contributed by atoms with E-state index >= 15 is 0 Å². The third-order valence-electron chi connectivity index (χ3n) is 5.04. The van der Waals surface area contributed by atoms with E-state index in [1.54, 1.807) is 18.4 Å². The van der Waals surface area contributed by atoms with Crippen LogP contribution >= 0.6 is 11.3 Å². The SMILES string of the molecule is COc1ccc(-c2nc(C)c(COCc3ccc(N4CCOCC4)cc3)s2)cc1. The summed E-state index contributed by atoms with van der Waals surface area (Å²) in [5.74, 6) is 0.852. The molecule has 1 aliphatic rings. The molecule has 0 unspecified atom stereocenters. The Kier molecular flexibility index (Phi) is 6.44. The van der Waals surface area contributed by atoms with E-state index in [0.29, 0.717) is 13.2 Å². The highest BCUT2D eigenvalue weighted by Gasteiger charge is 2.12. The molecule has 0 spiro atoms. The molecule has 0 bridgehead atoms. The zero-order valence-electron chi connectivity index (χ0n) is 16.9. The molecule has 1 aromatic heterocycles. The van der Waals surface area contributed by atoms with Crippen LogP contribution in [-0.4, -0.2) is 38.4 Å². The van der Waals surface area contributed by atoms with Crippen LogP contribution < -0.4 is 9.64 Å². The monoisotopic (exact) mass is 410 g/mol. The summed E-state index contributed by atoms with van der Waals surface area (Å²) in [7, 11) is 1.67. The van der Waals surface area contributed by atoms with Gasteiger partial charge in [0.1, 0.15) is 10.8 Å². The molecular weight excluding hydrogens is 384 g/mol. The Hall–Kier alpha value is -2.41. The van der Waals surface area contributed by atoms with E-state index in [1.165, 1.54) is 16.1 Å². The van der Waals surface area contributed by atoms with Crippen LogP contribution in [0, 0.1) is 6.92 Å². The first kappa shape index (κ1) is 19.9. The van der Waals surface area contributed by atoms with Crippen LogP contribution in [0.2, 0.25) is 0 Å². The minimum absolute atomic E-state index is 0.574. The van der Waals surface area contributed by atoms with Crippen molar-refractivity contribution >= 4 is 17.0 Å². The van der Waals surface area contributed by atoms with Crippen molar-refractivity contribution in [3.63, 3.8) is 0 Å². The number of aromatic nitrogens is 1. The van der Waals surface area contributed by atoms with Crippen LogP contribution in [0.3, 0.4) is 0 Å². The predicted molar refractivity (Wildman–Crippen MR) is 117 cm³/mol. The Labute approximate surface area is 175 Å². The summed E-state index contributed by atoms with van der Waals surface area (Å²) in [4.78, 5) is 8.23. The van der Waals surface area contributed by atoms with Crippen molar-refractivity contribution < 1.29 is 14.2 Å². The minimum Gasteiger partial charge on any atom is -0.497 e. The molecule has 0 atom stereocenters. The van der Waals surface area contributed by atoms with Crippen molar-refractivity contribution in [1.82, 2.24) is 4.98 Å². The molecule has 2 aromatic carbocycles. The van der Waals surface area contributed by atoms with Gasteiger partial charge in [-0.15, -0.1) is 11.3 Å². The van der Waals surface area contributed by atoms with Gasteiger partial charge >= 0.3 is 0 Å². The number of anilines is 1. The fourth-order valence-electron chi connectivity index (χ4n) is 3.31. The second-order valence-corrected chi connectivity index (χ2v) is 8.10. The molecule has 29 heavy (non-hydrogen) atoms. The van der Waals surface area contributed by atoms with Gasteiger partial charge < -0.3 is 19.1 Å². The van der Waals surface area contributed by atoms with Crippen LogP contribution in [0.5, 0.6) is 5.75 Å². The zero-order chi connectivity index (χ0) is 20.1. The van der Waals surface area contributed by atoms with Crippen molar-refractivity contribution in [2.24, 2.45) is 0 Å². The molecule has 0 saturated carbocycles. The van der Waals surface area contributed by atoms with Crippen LogP contribution in [0.15, 0.2) is 48.5 Å². The summed E-state index contributed by atoms with van der Waals surface area (Å²) in [6.45, 7) is 6.73. The number of nitrogens with zero attached hydrogens (tertiary/aromatic N) is 2. The molecule has 0 amide bonds. The van der Waals surface area contributed by atoms with E-state index in [9.17, 15) is 0 Å². The lowest BCUT2D eigenvalue weighted by Crippen LogP contribution is -2.36. The number of methoxy groups -OCH3 is 1. The average Bonchev–Trinajstić information content (AvgIpc) is 3.15. The van der Waals surface area contributed by atoms with Crippen LogP contribution in [0.1, 0.15) is 16.1 Å². The summed E-state index contributed by atoms with van der Waals surface area (Å²) in [6, 6.07) is 16.6. The third kappa shape index (κ3) is 4.96. The number of aryl methyl sites for hydroxylation is 1. The Morgan fingerprint density at radius 1 is 1.00 bits per heavy atom. The first-order valence-electron chi connectivity index (χ1n) is 9.83. The van der Waals surface area contributed by atoms with Gasteiger partial charge in [-0.3, -0.25) is 0 Å². The van der Waals surface area contributed by atoms with Crippen molar-refractivity contribution in [2.75, 3.05) is 38.3 Å². The molecule has 6 heteroatoms. The van der Waals surface area contributed by atoms with Gasteiger partial charge in [0.05, 0.1) is 44.1 Å². The maximum atomic E-state index is 5.97. The van der Waals surface area contributed by atoms with Gasteiger partial charge in [0.15, 0.2) is 0 Å². The second kappa shape index (κ2) is 9.39. The lowest BCUT2D eigenvalue weighted by atomic mass is 10.2. The zero-order valence-corrected chi connectivity index (χ0v) is 17.7. The van der Waals surface area contributed by atoms with E-state index in [0.717, 1.165) is 48.3 Å². The maximum Gasteiger partial charge on any atom is 0.123 e. The van der Waals surface area contributed by atoms with E-state index in [4.69, 9.17) is 19.2 Å². The molecule has 3 aromatic rings. The highest BCUT2D eigenvalue weighted by atomic mass is 32.1. The van der Waals surface area contributed by atoms with Gasteiger partial charge in [-0.1, -0.05) is 12.1 Å². The smallest absolute Gasteiger partial charge is 0.123 e. The van der Waals surface area contributed by atoms with E-state index < -0.39 is 0 Å². The van der Waals surface area contributed by atoms with E-state index in [2.05, 4.69) is 29.2 Å². The maximum absolute atomic E-state index is 5.97. The van der Waals surface area contributed by atoms with Crippen molar-refractivity contribution in [2.45, 2.75) is 20.1 Å². The quantitative estimate of drug-likeness (QED) is 0.566. The average molecular weight is 411 g/mol. The highest BCUT2D eigenvalue weighted by Crippen LogP contribution is 2.29. The summed E-state index contributed by atoms with van der Waals surface area (Å²) < 4.78 is 16.6. The number of morpholine rings is 1.